The van der Waals surface area contributed by atoms with Crippen molar-refractivity contribution in [1.82, 2.24) is 4.98 Å². The molecular formula is C7H5F2IN2O3. The van der Waals surface area contributed by atoms with Gasteiger partial charge in [-0.2, -0.15) is 0 Å². The Morgan fingerprint density at radius 2 is 2.27 bits per heavy atom. The van der Waals surface area contributed by atoms with E-state index in [1.54, 1.807) is 22.6 Å². The second kappa shape index (κ2) is 4.64. The first kappa shape index (κ1) is 12.0. The predicted octanol–water partition coefficient (Wildman–Crippen LogP) is 2.54. The smallest absolute Gasteiger partial charge is 0.298 e. The molecule has 0 amide bonds. The fraction of sp³-hybridized carbons (Fsp3) is 0.286. The van der Waals surface area contributed by atoms with Crippen LogP contribution in [0.4, 0.5) is 14.5 Å². The molecule has 0 aliphatic rings. The molecule has 82 valence electrons. The van der Waals surface area contributed by atoms with E-state index in [1.165, 1.54) is 7.11 Å². The van der Waals surface area contributed by atoms with Crippen molar-refractivity contribution in [3.8, 4) is 5.88 Å². The monoisotopic (exact) mass is 330 g/mol. The highest BCUT2D eigenvalue weighted by atomic mass is 127. The van der Waals surface area contributed by atoms with Crippen molar-refractivity contribution < 1.29 is 18.4 Å². The molecule has 0 bridgehead atoms. The van der Waals surface area contributed by atoms with Crippen molar-refractivity contribution in [2.75, 3.05) is 7.11 Å². The Bertz CT molecular complexity index is 400. The van der Waals surface area contributed by atoms with Crippen LogP contribution in [0, 0.1) is 13.7 Å². The van der Waals surface area contributed by atoms with E-state index >= 15 is 0 Å². The molecule has 5 nitrogen and oxygen atoms in total. The van der Waals surface area contributed by atoms with E-state index in [1.807, 2.05) is 0 Å². The van der Waals surface area contributed by atoms with E-state index in [0.717, 1.165) is 6.20 Å². The third-order valence-electron chi connectivity index (χ3n) is 1.60. The molecule has 0 unspecified atom stereocenters. The fourth-order valence-electron chi connectivity index (χ4n) is 0.962. The van der Waals surface area contributed by atoms with Gasteiger partial charge in [-0.3, -0.25) is 10.1 Å². The maximum absolute atomic E-state index is 12.4. The summed E-state index contributed by atoms with van der Waals surface area (Å²) in [5.41, 5.74) is -1.36. The van der Waals surface area contributed by atoms with Gasteiger partial charge in [0.25, 0.3) is 12.1 Å². The van der Waals surface area contributed by atoms with Crippen LogP contribution < -0.4 is 4.74 Å². The van der Waals surface area contributed by atoms with E-state index in [-0.39, 0.29) is 9.45 Å². The van der Waals surface area contributed by atoms with Crippen molar-refractivity contribution >= 4 is 28.3 Å². The van der Waals surface area contributed by atoms with Gasteiger partial charge >= 0.3 is 0 Å². The zero-order chi connectivity index (χ0) is 11.6. The summed E-state index contributed by atoms with van der Waals surface area (Å²) in [5, 5.41) is 10.6. The molecular weight excluding hydrogens is 325 g/mol. The summed E-state index contributed by atoms with van der Waals surface area (Å²) in [4.78, 5) is 13.3. The van der Waals surface area contributed by atoms with Gasteiger partial charge in [0, 0.05) is 6.20 Å². The molecule has 0 spiro atoms. The molecule has 0 radical (unpaired) electrons. The summed E-state index contributed by atoms with van der Waals surface area (Å²) in [6.07, 6.45) is -2.18. The van der Waals surface area contributed by atoms with Gasteiger partial charge in [-0.15, -0.1) is 0 Å². The zero-order valence-electron chi connectivity index (χ0n) is 7.41. The highest BCUT2D eigenvalue weighted by Gasteiger charge is 2.28. The Morgan fingerprint density at radius 1 is 1.67 bits per heavy atom. The van der Waals surface area contributed by atoms with Crippen LogP contribution in [0.1, 0.15) is 12.0 Å². The fourth-order valence-corrected chi connectivity index (χ4v) is 1.83. The van der Waals surface area contributed by atoms with Gasteiger partial charge in [0.15, 0.2) is 3.57 Å². The number of pyridine rings is 1. The first-order valence-electron chi connectivity index (χ1n) is 3.64. The minimum atomic E-state index is -2.93. The molecule has 0 saturated heterocycles. The summed E-state index contributed by atoms with van der Waals surface area (Å²) < 4.78 is 29.5. The van der Waals surface area contributed by atoms with Crippen LogP contribution >= 0.6 is 22.6 Å². The topological polar surface area (TPSA) is 65.3 Å². The van der Waals surface area contributed by atoms with E-state index in [0.29, 0.717) is 0 Å². The molecule has 0 fully saturated rings. The summed E-state index contributed by atoms with van der Waals surface area (Å²) in [5.74, 6) is -0.0355. The average molecular weight is 330 g/mol. The molecule has 1 aromatic rings. The molecule has 8 heteroatoms. The van der Waals surface area contributed by atoms with Crippen LogP contribution in [-0.4, -0.2) is 17.0 Å². The summed E-state index contributed by atoms with van der Waals surface area (Å²) in [6, 6.07) is 0. The zero-order valence-corrected chi connectivity index (χ0v) is 9.57. The highest BCUT2D eigenvalue weighted by Crippen LogP contribution is 2.35. The van der Waals surface area contributed by atoms with Gasteiger partial charge in [0.1, 0.15) is 5.56 Å². The Labute approximate surface area is 96.7 Å². The number of nitrogens with zero attached hydrogens (tertiary/aromatic N) is 2. The lowest BCUT2D eigenvalue weighted by molar-refractivity contribution is -0.387. The Hall–Kier alpha value is -1.06. The molecule has 0 aliphatic carbocycles. The largest absolute Gasteiger partial charge is 0.480 e. The molecule has 0 N–H and O–H groups in total. The lowest BCUT2D eigenvalue weighted by Crippen LogP contribution is -2.02. The van der Waals surface area contributed by atoms with Crippen molar-refractivity contribution in [2.45, 2.75) is 6.43 Å². The number of hydrogen-bond acceptors (Lipinski definition) is 4. The van der Waals surface area contributed by atoms with Gasteiger partial charge < -0.3 is 4.74 Å². The number of nitro groups is 1. The van der Waals surface area contributed by atoms with E-state index in [9.17, 15) is 18.9 Å². The van der Waals surface area contributed by atoms with Gasteiger partial charge in [-0.1, -0.05) is 0 Å². The Balaban J connectivity index is 3.44. The maximum atomic E-state index is 12.4. The predicted molar refractivity (Wildman–Crippen MR) is 55.1 cm³/mol. The standard InChI is InChI=1S/C7H5F2IN2O3/c1-15-7-4(10)5(12(13)14)3(2-11-7)6(8)9/h2,6H,1H3. The first-order valence-corrected chi connectivity index (χ1v) is 4.71. The van der Waals surface area contributed by atoms with Crippen LogP contribution in [0.2, 0.25) is 0 Å². The molecule has 1 aromatic heterocycles. The Morgan fingerprint density at radius 3 is 2.67 bits per heavy atom. The number of halogens is 3. The molecule has 0 aromatic carbocycles. The summed E-state index contributed by atoms with van der Waals surface area (Å²) in [6.45, 7) is 0. The number of alkyl halides is 2. The maximum Gasteiger partial charge on any atom is 0.298 e. The van der Waals surface area contributed by atoms with E-state index in [4.69, 9.17) is 4.74 Å². The molecule has 0 saturated carbocycles. The van der Waals surface area contributed by atoms with Gasteiger partial charge in [0.2, 0.25) is 5.88 Å². The second-order valence-corrected chi connectivity index (χ2v) is 3.52. The Kier molecular flexibility index (Phi) is 3.72. The van der Waals surface area contributed by atoms with Gasteiger partial charge in [0.05, 0.1) is 12.0 Å². The average Bonchev–Trinajstić information content (AvgIpc) is 2.16. The quantitative estimate of drug-likeness (QED) is 0.485. The van der Waals surface area contributed by atoms with Crippen LogP contribution in [0.25, 0.3) is 0 Å². The SMILES string of the molecule is COc1ncc(C(F)F)c([N+](=O)[O-])c1I. The van der Waals surface area contributed by atoms with Gasteiger partial charge in [-0.05, 0) is 22.6 Å². The number of hydrogen-bond donors (Lipinski definition) is 0. The van der Waals surface area contributed by atoms with Crippen LogP contribution in [-0.2, 0) is 0 Å². The minimum absolute atomic E-state index is 0.0297. The second-order valence-electron chi connectivity index (χ2n) is 2.44. The van der Waals surface area contributed by atoms with Crippen LogP contribution in [0.15, 0.2) is 6.20 Å². The molecule has 1 rings (SSSR count). The van der Waals surface area contributed by atoms with Crippen molar-refractivity contribution in [1.29, 1.82) is 0 Å². The first-order chi connectivity index (χ1) is 6.99. The van der Waals surface area contributed by atoms with Crippen molar-refractivity contribution in [3.63, 3.8) is 0 Å². The normalized spacial score (nSPS) is 10.5. The van der Waals surface area contributed by atoms with E-state index in [2.05, 4.69) is 4.98 Å². The number of methoxy groups -OCH3 is 1. The summed E-state index contributed by atoms with van der Waals surface area (Å²) in [7, 11) is 1.26. The minimum Gasteiger partial charge on any atom is -0.480 e. The van der Waals surface area contributed by atoms with Gasteiger partial charge in [-0.25, -0.2) is 13.8 Å². The molecule has 0 aliphatic heterocycles. The lowest BCUT2D eigenvalue weighted by Gasteiger charge is -2.06. The molecule has 0 atom stereocenters. The van der Waals surface area contributed by atoms with Crippen LogP contribution in [0.3, 0.4) is 0 Å². The molecule has 15 heavy (non-hydrogen) atoms. The number of rotatable bonds is 3. The third-order valence-corrected chi connectivity index (χ3v) is 2.57. The summed E-state index contributed by atoms with van der Waals surface area (Å²) >= 11 is 1.55. The third kappa shape index (κ3) is 2.30. The highest BCUT2D eigenvalue weighted by molar-refractivity contribution is 14.1. The van der Waals surface area contributed by atoms with Crippen LogP contribution in [0.5, 0.6) is 5.88 Å². The number of ether oxygens (including phenoxy) is 1. The van der Waals surface area contributed by atoms with Crippen molar-refractivity contribution in [2.24, 2.45) is 0 Å². The lowest BCUT2D eigenvalue weighted by atomic mass is 10.2. The van der Waals surface area contributed by atoms with Crippen molar-refractivity contribution in [3.05, 3.63) is 25.4 Å². The van der Waals surface area contributed by atoms with E-state index < -0.39 is 22.6 Å². The number of aromatic nitrogens is 1. The molecule has 1 heterocycles.